The molecular formula is C5H8NO3S. The summed E-state index contributed by atoms with van der Waals surface area (Å²) in [6.45, 7) is 1.82. The van der Waals surface area contributed by atoms with Crippen molar-refractivity contribution in [2.24, 2.45) is 0 Å². The second-order valence-electron chi connectivity index (χ2n) is 1.36. The Kier molecular flexibility index (Phi) is 4.74. The second kappa shape index (κ2) is 5.10. The molecule has 0 aromatic rings. The van der Waals surface area contributed by atoms with Gasteiger partial charge in [0, 0.05) is 12.8 Å². The molecule has 1 radical (unpaired) electrons. The fraction of sp³-hybridized carbons (Fsp3) is 0.600. The van der Waals surface area contributed by atoms with Crippen molar-refractivity contribution < 1.29 is 14.4 Å². The van der Waals surface area contributed by atoms with Crippen LogP contribution in [-0.2, 0) is 9.63 Å². The first-order valence-electron chi connectivity index (χ1n) is 2.67. The molecule has 0 rings (SSSR count). The Bertz CT molecular complexity index is 128. The van der Waals surface area contributed by atoms with E-state index in [1.807, 2.05) is 6.92 Å². The Morgan fingerprint density at radius 3 is 2.80 bits per heavy atom. The summed E-state index contributed by atoms with van der Waals surface area (Å²) in [7, 11) is 1.31. The maximum atomic E-state index is 10.5. The van der Waals surface area contributed by atoms with Crippen LogP contribution < -0.4 is 0 Å². The minimum atomic E-state index is -0.492. The number of carbonyl (C=O) groups excluding carboxylic acids is 2. The quantitative estimate of drug-likeness (QED) is 0.454. The van der Waals surface area contributed by atoms with Crippen molar-refractivity contribution in [2.75, 3.05) is 12.8 Å². The highest BCUT2D eigenvalue weighted by atomic mass is 32.2. The third kappa shape index (κ3) is 4.20. The lowest BCUT2D eigenvalue weighted by Gasteiger charge is -2.06. The van der Waals surface area contributed by atoms with Gasteiger partial charge >= 0.3 is 11.7 Å². The highest BCUT2D eigenvalue weighted by molar-refractivity contribution is 8.13. The zero-order valence-electron chi connectivity index (χ0n) is 5.79. The molecule has 0 spiro atoms. The molecule has 0 aromatic carbocycles. The van der Waals surface area contributed by atoms with E-state index in [0.717, 1.165) is 11.8 Å². The molecule has 0 aliphatic heterocycles. The highest BCUT2D eigenvalue weighted by Gasteiger charge is 2.04. The number of hydroxylamine groups is 2. The van der Waals surface area contributed by atoms with Gasteiger partial charge in [0.1, 0.15) is 0 Å². The molecule has 0 atom stereocenters. The van der Waals surface area contributed by atoms with Crippen molar-refractivity contribution in [3.8, 4) is 0 Å². The number of nitrogens with zero attached hydrogens (tertiary/aromatic N) is 1. The van der Waals surface area contributed by atoms with Crippen LogP contribution in [-0.4, -0.2) is 29.6 Å². The number of hydrogen-bond acceptors (Lipinski definition) is 4. The zero-order valence-corrected chi connectivity index (χ0v) is 6.60. The van der Waals surface area contributed by atoms with Gasteiger partial charge in [-0.2, -0.15) is 5.06 Å². The van der Waals surface area contributed by atoms with Crippen molar-refractivity contribution in [3.63, 3.8) is 0 Å². The molecule has 0 bridgehead atoms. The highest BCUT2D eigenvalue weighted by Crippen LogP contribution is 2.03. The lowest BCUT2D eigenvalue weighted by molar-refractivity contribution is 0.00113. The van der Waals surface area contributed by atoms with Gasteiger partial charge in [-0.05, 0) is 11.8 Å². The van der Waals surface area contributed by atoms with E-state index in [0.29, 0.717) is 10.8 Å². The summed E-state index contributed by atoms with van der Waals surface area (Å²) in [5, 5.41) is 0.207. The fourth-order valence-electron chi connectivity index (χ4n) is 0.275. The molecule has 0 saturated carbocycles. The number of thioether (sulfide) groups is 1. The standard InChI is InChI=1S/C5H8NO3S/c1-3-10-5(8)9-6(2)4-7/h3H2,1-2H3. The first kappa shape index (κ1) is 9.29. The van der Waals surface area contributed by atoms with E-state index in [2.05, 4.69) is 4.84 Å². The minimum Gasteiger partial charge on any atom is -0.327 e. The van der Waals surface area contributed by atoms with Gasteiger partial charge in [-0.1, -0.05) is 6.92 Å². The van der Waals surface area contributed by atoms with Gasteiger partial charge in [0.05, 0.1) is 0 Å². The van der Waals surface area contributed by atoms with Crippen molar-refractivity contribution in [3.05, 3.63) is 0 Å². The van der Waals surface area contributed by atoms with Crippen LogP contribution in [0.15, 0.2) is 0 Å². The maximum Gasteiger partial charge on any atom is 0.391 e. The van der Waals surface area contributed by atoms with Gasteiger partial charge < -0.3 is 4.84 Å². The normalized spacial score (nSPS) is 8.60. The molecule has 4 nitrogen and oxygen atoms in total. The molecule has 0 fully saturated rings. The summed E-state index contributed by atoms with van der Waals surface area (Å²) < 4.78 is 0. The van der Waals surface area contributed by atoms with Gasteiger partial charge in [0.25, 0.3) is 0 Å². The van der Waals surface area contributed by atoms with Crippen LogP contribution >= 0.6 is 11.8 Å². The Morgan fingerprint density at radius 2 is 2.40 bits per heavy atom. The third-order valence-corrected chi connectivity index (χ3v) is 1.20. The molecular weight excluding hydrogens is 154 g/mol. The summed E-state index contributed by atoms with van der Waals surface area (Å²) in [5.41, 5.74) is 0. The molecule has 0 aliphatic rings. The Balaban J connectivity index is 3.46. The summed E-state index contributed by atoms with van der Waals surface area (Å²) in [6, 6.07) is 0. The fourth-order valence-corrected chi connectivity index (χ4v) is 0.675. The van der Waals surface area contributed by atoms with E-state index < -0.39 is 5.30 Å². The zero-order chi connectivity index (χ0) is 7.98. The van der Waals surface area contributed by atoms with Crippen molar-refractivity contribution in [1.29, 1.82) is 0 Å². The van der Waals surface area contributed by atoms with E-state index in [1.165, 1.54) is 13.5 Å². The van der Waals surface area contributed by atoms with Crippen LogP contribution in [0.2, 0.25) is 0 Å². The largest absolute Gasteiger partial charge is 0.391 e. The van der Waals surface area contributed by atoms with Gasteiger partial charge in [-0.25, -0.2) is 4.79 Å². The van der Waals surface area contributed by atoms with Gasteiger partial charge in [-0.3, -0.25) is 4.79 Å². The van der Waals surface area contributed by atoms with E-state index in [4.69, 9.17) is 0 Å². The molecule has 57 valence electrons. The molecule has 0 heterocycles. The Labute approximate surface area is 63.5 Å². The number of hydrogen-bond donors (Lipinski definition) is 0. The molecule has 10 heavy (non-hydrogen) atoms. The average Bonchev–Trinajstić information content (AvgIpc) is 1.88. The lowest BCUT2D eigenvalue weighted by Crippen LogP contribution is -2.18. The summed E-state index contributed by atoms with van der Waals surface area (Å²) in [4.78, 5) is 24.7. The topological polar surface area (TPSA) is 46.6 Å². The van der Waals surface area contributed by atoms with Gasteiger partial charge in [-0.15, -0.1) is 0 Å². The Morgan fingerprint density at radius 1 is 1.80 bits per heavy atom. The second-order valence-corrected chi connectivity index (χ2v) is 2.56. The lowest BCUT2D eigenvalue weighted by atomic mass is 11.0. The van der Waals surface area contributed by atoms with E-state index in [1.54, 1.807) is 0 Å². The van der Waals surface area contributed by atoms with Crippen molar-refractivity contribution in [1.82, 2.24) is 5.06 Å². The van der Waals surface area contributed by atoms with Crippen LogP contribution in [0, 0.1) is 0 Å². The number of rotatable bonds is 3. The minimum absolute atomic E-state index is 0.492. The van der Waals surface area contributed by atoms with Crippen LogP contribution in [0.4, 0.5) is 4.79 Å². The van der Waals surface area contributed by atoms with Crippen LogP contribution in [0.1, 0.15) is 6.92 Å². The van der Waals surface area contributed by atoms with E-state index in [9.17, 15) is 9.59 Å². The molecule has 0 saturated heterocycles. The van der Waals surface area contributed by atoms with Gasteiger partial charge in [0.15, 0.2) is 0 Å². The number of carbonyl (C=O) groups is 1. The van der Waals surface area contributed by atoms with E-state index >= 15 is 0 Å². The average molecular weight is 162 g/mol. The predicted molar refractivity (Wildman–Crippen MR) is 38.1 cm³/mol. The molecule has 0 aliphatic carbocycles. The SMILES string of the molecule is CCSC(=O)ON(C)[C]=O. The van der Waals surface area contributed by atoms with Crippen molar-refractivity contribution in [2.45, 2.75) is 6.92 Å². The maximum absolute atomic E-state index is 10.5. The Hall–Kier alpha value is -0.710. The van der Waals surface area contributed by atoms with Crippen molar-refractivity contribution >= 4 is 23.5 Å². The van der Waals surface area contributed by atoms with Crippen LogP contribution in [0.5, 0.6) is 0 Å². The molecule has 0 aromatic heterocycles. The monoisotopic (exact) mass is 162 g/mol. The molecule has 1 amide bonds. The van der Waals surface area contributed by atoms with Gasteiger partial charge in [0.2, 0.25) is 0 Å². The van der Waals surface area contributed by atoms with Crippen LogP contribution in [0.3, 0.4) is 0 Å². The molecule has 0 N–H and O–H groups in total. The van der Waals surface area contributed by atoms with E-state index in [-0.39, 0.29) is 0 Å². The molecule has 0 unspecified atom stereocenters. The number of amides is 1. The first-order valence-corrected chi connectivity index (χ1v) is 3.65. The smallest absolute Gasteiger partial charge is 0.327 e. The van der Waals surface area contributed by atoms with Crippen LogP contribution in [0.25, 0.3) is 0 Å². The first-order chi connectivity index (χ1) is 4.70. The third-order valence-electron chi connectivity index (χ3n) is 0.602. The summed E-state index contributed by atoms with van der Waals surface area (Å²) >= 11 is 0.993. The predicted octanol–water partition coefficient (Wildman–Crippen LogP) is 0.790. The summed E-state index contributed by atoms with van der Waals surface area (Å²) in [6.07, 6.45) is 1.38. The summed E-state index contributed by atoms with van der Waals surface area (Å²) in [5.74, 6) is 0.630. The molecule has 5 heteroatoms.